The lowest BCUT2D eigenvalue weighted by atomic mass is 9.73. The van der Waals surface area contributed by atoms with E-state index in [1.165, 1.54) is 6.92 Å². The second-order valence-corrected chi connectivity index (χ2v) is 22.2. The number of nitrogens with zero attached hydrogens (tertiary/aromatic N) is 3. The number of hydrogen-bond acceptors (Lipinski definition) is 18. The average Bonchev–Trinajstić information content (AvgIpc) is 3.67. The second kappa shape index (κ2) is 26.9. The molecule has 422 valence electrons. The van der Waals surface area contributed by atoms with E-state index in [1.54, 1.807) is 34.1 Å². The van der Waals surface area contributed by atoms with Crippen LogP contribution in [0.1, 0.15) is 128 Å². The van der Waals surface area contributed by atoms with Crippen molar-refractivity contribution in [2.75, 3.05) is 54.6 Å². The topological polar surface area (TPSA) is 181 Å². The van der Waals surface area contributed by atoms with Crippen molar-refractivity contribution in [2.45, 2.75) is 213 Å². The van der Waals surface area contributed by atoms with Crippen LogP contribution < -0.4 is 0 Å². The zero-order valence-corrected chi connectivity index (χ0v) is 48.1. The Kier molecular flexibility index (Phi) is 22.4. The van der Waals surface area contributed by atoms with Crippen molar-refractivity contribution < 1.29 is 71.3 Å². The van der Waals surface area contributed by atoms with Crippen LogP contribution in [0.4, 0.5) is 4.79 Å². The number of fused-ring (bicyclic) bond motifs is 1. The molecule has 0 radical (unpaired) electrons. The van der Waals surface area contributed by atoms with Crippen LogP contribution in [0.15, 0.2) is 29.4 Å². The summed E-state index contributed by atoms with van der Waals surface area (Å²) in [5.74, 6) is -3.95. The highest BCUT2D eigenvalue weighted by Crippen LogP contribution is 2.45. The first kappa shape index (κ1) is 61.7. The molecule has 0 aliphatic carbocycles. The monoisotopic (exact) mass is 1070 g/mol. The smallest absolute Gasteiger partial charge is 0.458 e. The molecule has 0 aromatic heterocycles. The molecule has 0 N–H and O–H groups in total. The Bertz CT molecular complexity index is 2010. The summed E-state index contributed by atoms with van der Waals surface area (Å²) in [4.78, 5) is 51.8. The van der Waals surface area contributed by atoms with Gasteiger partial charge in [0.1, 0.15) is 18.8 Å². The van der Waals surface area contributed by atoms with E-state index in [4.69, 9.17) is 73.7 Å². The molecular weight excluding hydrogens is 978 g/mol. The Morgan fingerprint density at radius 1 is 0.865 bits per heavy atom. The number of rotatable bonds is 19. The van der Waals surface area contributed by atoms with E-state index >= 15 is 4.79 Å². The zero-order valence-electron chi connectivity index (χ0n) is 47.4. The van der Waals surface area contributed by atoms with Gasteiger partial charge in [-0.25, -0.2) is 4.79 Å². The van der Waals surface area contributed by atoms with Gasteiger partial charge in [-0.2, -0.15) is 0 Å². The van der Waals surface area contributed by atoms with Crippen molar-refractivity contribution in [3.05, 3.63) is 34.9 Å². The summed E-state index contributed by atoms with van der Waals surface area (Å²) in [7, 11) is 7.11. The van der Waals surface area contributed by atoms with Crippen LogP contribution in [-0.2, 0) is 73.1 Å². The normalized spacial score (nSPS) is 39.0. The fourth-order valence-electron chi connectivity index (χ4n) is 11.8. The molecule has 0 unspecified atom stereocenters. The minimum absolute atomic E-state index is 0.0482. The molecule has 1 aromatic rings. The predicted molar refractivity (Wildman–Crippen MR) is 279 cm³/mol. The first-order chi connectivity index (χ1) is 34.9. The number of hydrogen-bond donors (Lipinski definition) is 0. The third kappa shape index (κ3) is 14.5. The zero-order chi connectivity index (χ0) is 54.9. The van der Waals surface area contributed by atoms with Crippen LogP contribution in [0.25, 0.3) is 0 Å². The van der Waals surface area contributed by atoms with E-state index in [9.17, 15) is 9.59 Å². The summed E-state index contributed by atoms with van der Waals surface area (Å²) < 4.78 is 72.0. The van der Waals surface area contributed by atoms with E-state index in [0.29, 0.717) is 23.8 Å². The quantitative estimate of drug-likeness (QED) is 0.0555. The maximum atomic E-state index is 15.1. The summed E-state index contributed by atoms with van der Waals surface area (Å²) in [5, 5.41) is 5.33. The lowest BCUT2D eigenvalue weighted by Gasteiger charge is -2.50. The molecule has 0 amide bonds. The van der Waals surface area contributed by atoms with Gasteiger partial charge in [0.2, 0.25) is 0 Å². The number of carbonyl (C=O) groups is 3. The minimum atomic E-state index is -1.46. The number of methoxy groups -OCH3 is 2. The maximum Gasteiger partial charge on any atom is 0.509 e. The molecule has 4 aliphatic rings. The van der Waals surface area contributed by atoms with Crippen molar-refractivity contribution in [3.8, 4) is 0 Å². The summed E-state index contributed by atoms with van der Waals surface area (Å²) in [6.07, 6.45) is -6.74. The van der Waals surface area contributed by atoms with Gasteiger partial charge < -0.3 is 66.7 Å². The van der Waals surface area contributed by atoms with Crippen molar-refractivity contribution in [1.29, 1.82) is 0 Å². The number of cyclic esters (lactones) is 1. The molecule has 0 saturated carbocycles. The van der Waals surface area contributed by atoms with Gasteiger partial charge >= 0.3 is 18.1 Å². The van der Waals surface area contributed by atoms with Gasteiger partial charge in [-0.05, 0) is 100 Å². The summed E-state index contributed by atoms with van der Waals surface area (Å²) in [6, 6.07) is 7.05. The van der Waals surface area contributed by atoms with Crippen molar-refractivity contribution in [1.82, 2.24) is 9.80 Å². The van der Waals surface area contributed by atoms with Gasteiger partial charge in [0.05, 0.1) is 53.3 Å². The van der Waals surface area contributed by atoms with Crippen LogP contribution in [0.5, 0.6) is 0 Å². The fraction of sp³-hybridized carbons (Fsp3) is 0.818. The molecule has 18 nitrogen and oxygen atoms in total. The molecule has 19 heteroatoms. The third-order valence-corrected chi connectivity index (χ3v) is 16.5. The number of ether oxygens (including phenoxy) is 11. The predicted octanol–water partition coefficient (Wildman–Crippen LogP) is 8.61. The SMILES string of the molecule is CC[C@H]1OC(=O)[C@H](C)[C@@H](O[C@H]2C[C@@](C)(OC)[C@@H](OCCCN(CC)CC)[C@H](C)O2)[C@H](C)[C@@H](O[C@@H]2O[C@H](C)C[C@H](N(C)C)[C@H]2OC(C)=O)[C@](C)(OC)C[C@@H](C)C(=NOCc2ccccc2Cl)[C@H](C)[C@H]2OC(=O)O[C@@]21C. The Hall–Kier alpha value is -3.17. The number of oxime groups is 1. The van der Waals surface area contributed by atoms with Gasteiger partial charge in [-0.3, -0.25) is 9.59 Å². The van der Waals surface area contributed by atoms with E-state index in [0.717, 1.165) is 31.6 Å². The van der Waals surface area contributed by atoms with E-state index in [1.807, 2.05) is 92.6 Å². The highest BCUT2D eigenvalue weighted by atomic mass is 35.5. The molecule has 74 heavy (non-hydrogen) atoms. The molecule has 18 atom stereocenters. The molecule has 4 aliphatic heterocycles. The first-order valence-electron chi connectivity index (χ1n) is 26.8. The van der Waals surface area contributed by atoms with Crippen LogP contribution >= 0.6 is 11.6 Å². The average molecular weight is 1070 g/mol. The molecule has 1 aromatic carbocycles. The van der Waals surface area contributed by atoms with E-state index in [-0.39, 0.29) is 38.0 Å². The molecular formula is C55H90ClN3O15. The van der Waals surface area contributed by atoms with Crippen LogP contribution in [0.2, 0.25) is 5.02 Å². The minimum Gasteiger partial charge on any atom is -0.458 e. The Balaban J connectivity index is 1.65. The van der Waals surface area contributed by atoms with Crippen molar-refractivity contribution in [3.63, 3.8) is 0 Å². The van der Waals surface area contributed by atoms with Gasteiger partial charge in [0.15, 0.2) is 30.4 Å². The first-order valence-corrected chi connectivity index (χ1v) is 27.2. The number of carbonyl (C=O) groups excluding carboxylic acids is 3. The molecule has 4 heterocycles. The van der Waals surface area contributed by atoms with Gasteiger partial charge in [-0.15, -0.1) is 0 Å². The summed E-state index contributed by atoms with van der Waals surface area (Å²) in [5.41, 5.74) is -2.33. The molecule has 4 fully saturated rings. The molecule has 4 saturated heterocycles. The van der Waals surface area contributed by atoms with Crippen molar-refractivity contribution in [2.24, 2.45) is 28.8 Å². The van der Waals surface area contributed by atoms with E-state index in [2.05, 4.69) is 18.7 Å². The summed E-state index contributed by atoms with van der Waals surface area (Å²) >= 11 is 6.56. The summed E-state index contributed by atoms with van der Waals surface area (Å²) in [6.45, 7) is 28.0. The van der Waals surface area contributed by atoms with Gasteiger partial charge in [0, 0.05) is 69.1 Å². The second-order valence-electron chi connectivity index (χ2n) is 21.8. The van der Waals surface area contributed by atoms with E-state index < -0.39 is 114 Å². The van der Waals surface area contributed by atoms with Gasteiger partial charge in [0.25, 0.3) is 0 Å². The molecule has 0 spiro atoms. The van der Waals surface area contributed by atoms with Crippen LogP contribution in [-0.4, -0.2) is 172 Å². The lowest BCUT2D eigenvalue weighted by Crippen LogP contribution is -2.62. The Morgan fingerprint density at radius 3 is 2.14 bits per heavy atom. The van der Waals surface area contributed by atoms with Crippen LogP contribution in [0.3, 0.4) is 0 Å². The van der Waals surface area contributed by atoms with Gasteiger partial charge in [-0.1, -0.05) is 76.5 Å². The fourth-order valence-corrected chi connectivity index (χ4v) is 12.0. The molecule has 0 bridgehead atoms. The maximum absolute atomic E-state index is 15.1. The lowest BCUT2D eigenvalue weighted by molar-refractivity contribution is -0.322. The number of benzene rings is 1. The Labute approximate surface area is 446 Å². The number of esters is 2. The van der Waals surface area contributed by atoms with Crippen molar-refractivity contribution >= 4 is 35.4 Å². The third-order valence-electron chi connectivity index (χ3n) is 16.2. The molecule has 5 rings (SSSR count). The highest BCUT2D eigenvalue weighted by Gasteiger charge is 2.59. The number of halogens is 1. The number of likely N-dealkylation sites (N-methyl/N-ethyl adjacent to an activating group) is 1. The highest BCUT2D eigenvalue weighted by molar-refractivity contribution is 6.31. The Morgan fingerprint density at radius 2 is 1.53 bits per heavy atom. The standard InChI is InChI=1S/C55H90ClN3O15/c1-18-42-55(13)48(73-52(62)74-55)34(6)44(57-66-31-39-24-21-22-25-40(39)56)32(4)29-53(11,63-16)47(72-51-46(69-38(10)60)41(58(14)15)28-33(5)67-51)35(7)45(36(8)50(61)70-42)71-43-30-54(12,64-17)49(37(9)68-43)65-27-23-26-59(19-2)20-3/h21-22,24-25,32-37,41-43,45-49,51H,18-20,23,26-31H2,1-17H3/t32-,33-,34+,35+,36-,37+,41+,42-,43+,45+,46-,47-,48-,49+,51+,53-,54-,55-/m1/s1. The largest absolute Gasteiger partial charge is 0.509 e. The van der Waals surface area contributed by atoms with Crippen LogP contribution in [0, 0.1) is 23.7 Å².